The lowest BCUT2D eigenvalue weighted by atomic mass is 10.1. The summed E-state index contributed by atoms with van der Waals surface area (Å²) in [6.07, 6.45) is 2.34. The van der Waals surface area contributed by atoms with Crippen LogP contribution >= 0.6 is 18.8 Å². The smallest absolute Gasteiger partial charge is 0.0455 e. The number of benzene rings is 1. The third-order valence-electron chi connectivity index (χ3n) is 1.79. The number of hydrogen-bond donors (Lipinski definition) is 0. The number of para-hydroxylation sites is 1. The van der Waals surface area contributed by atoms with Gasteiger partial charge in [-0.3, -0.25) is 0 Å². The maximum Gasteiger partial charge on any atom is 0.0455 e. The van der Waals surface area contributed by atoms with E-state index in [1.807, 2.05) is 4.44 Å². The molecule has 12 heavy (non-hydrogen) atoms. The zero-order chi connectivity index (χ0) is 8.97. The fourth-order valence-electron chi connectivity index (χ4n) is 1.24. The Balaban J connectivity index is 2.92. The molecule has 66 valence electrons. The summed E-state index contributed by atoms with van der Waals surface area (Å²) >= 11 is 0. The zero-order valence-corrected chi connectivity index (χ0v) is 9.63. The topological polar surface area (TPSA) is 3.24 Å². The van der Waals surface area contributed by atoms with Gasteiger partial charge >= 0.3 is 0 Å². The van der Waals surface area contributed by atoms with Crippen LogP contribution in [0.2, 0.25) is 0 Å². The molecule has 0 radical (unpaired) electrons. The van der Waals surface area contributed by atoms with Crippen molar-refractivity contribution in [2.45, 2.75) is 19.8 Å². The van der Waals surface area contributed by atoms with Crippen LogP contribution in [-0.4, -0.2) is 0 Å². The first-order valence-electron chi connectivity index (χ1n) is 4.13. The average Bonchev–Trinajstić information content (AvgIpc) is 2.05. The van der Waals surface area contributed by atoms with Crippen LogP contribution < -0.4 is 4.44 Å². The third-order valence-corrected chi connectivity index (χ3v) is 2.35. The Morgan fingerprint density at radius 3 is 2.50 bits per heavy atom. The first-order chi connectivity index (χ1) is 5.75. The lowest BCUT2D eigenvalue weighted by Gasteiger charge is -2.15. The highest BCUT2D eigenvalue weighted by Gasteiger charge is 2.01. The van der Waals surface area contributed by atoms with Crippen molar-refractivity contribution in [1.29, 1.82) is 0 Å². The van der Waals surface area contributed by atoms with Crippen molar-refractivity contribution in [1.82, 2.24) is 0 Å². The molecule has 1 nitrogen and oxygen atoms in total. The van der Waals surface area contributed by atoms with Gasteiger partial charge in [0.2, 0.25) is 0 Å². The number of hydrogen-bond acceptors (Lipinski definition) is 1. The minimum absolute atomic E-state index is 1.15. The predicted molar refractivity (Wildman–Crippen MR) is 62.3 cm³/mol. The fourth-order valence-corrected chi connectivity index (χ4v) is 1.75. The van der Waals surface area contributed by atoms with Crippen LogP contribution in [-0.2, 0) is 6.42 Å². The van der Waals surface area contributed by atoms with Crippen molar-refractivity contribution in [3.8, 4) is 0 Å². The maximum absolute atomic E-state index is 2.65. The molecule has 1 rings (SSSR count). The van der Waals surface area contributed by atoms with Gasteiger partial charge < -0.3 is 4.44 Å². The quantitative estimate of drug-likeness (QED) is 0.676. The van der Waals surface area contributed by atoms with Gasteiger partial charge in [-0.05, 0) is 36.8 Å². The first-order valence-corrected chi connectivity index (χ1v) is 5.16. The summed E-state index contributed by atoms with van der Waals surface area (Å²) < 4.78 is 2.00. The molecule has 2 unspecified atom stereocenters. The van der Waals surface area contributed by atoms with E-state index in [0.29, 0.717) is 0 Å². The van der Waals surface area contributed by atoms with Crippen molar-refractivity contribution >= 4 is 24.5 Å². The van der Waals surface area contributed by atoms with E-state index in [1.54, 1.807) is 0 Å². The van der Waals surface area contributed by atoms with Crippen LogP contribution in [0.25, 0.3) is 0 Å². The van der Waals surface area contributed by atoms with Crippen molar-refractivity contribution in [2.75, 3.05) is 4.44 Å². The molecule has 0 aromatic heterocycles. The second-order valence-corrected chi connectivity index (χ2v) is 4.49. The van der Waals surface area contributed by atoms with Crippen LogP contribution in [0.3, 0.4) is 0 Å². The lowest BCUT2D eigenvalue weighted by Crippen LogP contribution is -1.95. The monoisotopic (exact) mass is 199 g/mol. The Labute approximate surface area is 79.1 Å². The number of rotatable bonds is 3. The predicted octanol–water partition coefficient (Wildman–Crippen LogP) is 3.03. The van der Waals surface area contributed by atoms with Crippen molar-refractivity contribution < 1.29 is 0 Å². The van der Waals surface area contributed by atoms with Gasteiger partial charge in [0.25, 0.3) is 0 Å². The Morgan fingerprint density at radius 2 is 1.92 bits per heavy atom. The average molecular weight is 199 g/mol. The van der Waals surface area contributed by atoms with Gasteiger partial charge in [-0.25, -0.2) is 0 Å². The lowest BCUT2D eigenvalue weighted by molar-refractivity contribution is 0.923. The molecule has 0 amide bonds. The summed E-state index contributed by atoms with van der Waals surface area (Å²) in [7, 11) is 5.30. The van der Waals surface area contributed by atoms with Gasteiger partial charge in [0.1, 0.15) is 0 Å². The normalized spacial score (nSPS) is 9.92. The summed E-state index contributed by atoms with van der Waals surface area (Å²) in [6.45, 7) is 2.20. The van der Waals surface area contributed by atoms with E-state index >= 15 is 0 Å². The molecule has 0 bridgehead atoms. The summed E-state index contributed by atoms with van der Waals surface area (Å²) in [4.78, 5) is 0. The molecule has 0 saturated carbocycles. The standard InChI is InChI=1S/C9H15NP2/c1-2-5-8-6-3-4-7-9(8)10(11)12/h3-4,6-7H,2,5,11-12H2,1H3. The molecule has 0 aliphatic heterocycles. The Bertz CT molecular complexity index is 248. The molecular formula is C9H15NP2. The van der Waals surface area contributed by atoms with Gasteiger partial charge in [-0.1, -0.05) is 31.5 Å². The minimum Gasteiger partial charge on any atom is -0.341 e. The second-order valence-electron chi connectivity index (χ2n) is 2.79. The van der Waals surface area contributed by atoms with Crippen molar-refractivity contribution in [2.24, 2.45) is 0 Å². The molecule has 1 aromatic rings. The molecule has 0 aliphatic carbocycles. The van der Waals surface area contributed by atoms with Gasteiger partial charge in [-0.15, -0.1) is 0 Å². The van der Waals surface area contributed by atoms with E-state index in [1.165, 1.54) is 17.7 Å². The Kier molecular flexibility index (Phi) is 3.98. The molecule has 0 aliphatic rings. The summed E-state index contributed by atoms with van der Waals surface area (Å²) in [5, 5.41) is 0. The van der Waals surface area contributed by atoms with Gasteiger partial charge in [0.05, 0.1) is 0 Å². The van der Waals surface area contributed by atoms with Gasteiger partial charge in [-0.2, -0.15) is 0 Å². The number of anilines is 1. The fraction of sp³-hybridized carbons (Fsp3) is 0.333. The molecule has 3 heteroatoms. The largest absolute Gasteiger partial charge is 0.341 e. The molecule has 1 aromatic carbocycles. The summed E-state index contributed by atoms with van der Waals surface area (Å²) in [5.74, 6) is 0. The Hall–Kier alpha value is -0.120. The molecule has 0 fully saturated rings. The van der Waals surface area contributed by atoms with Crippen LogP contribution in [0.15, 0.2) is 24.3 Å². The van der Waals surface area contributed by atoms with E-state index in [0.717, 1.165) is 6.42 Å². The first kappa shape index (κ1) is 9.96. The highest BCUT2D eigenvalue weighted by molar-refractivity contribution is 7.39. The van der Waals surface area contributed by atoms with E-state index in [9.17, 15) is 0 Å². The summed E-state index contributed by atoms with van der Waals surface area (Å²) in [6, 6.07) is 8.47. The van der Waals surface area contributed by atoms with Crippen molar-refractivity contribution in [3.05, 3.63) is 29.8 Å². The number of aryl methyl sites for hydroxylation is 1. The maximum atomic E-state index is 2.65. The van der Waals surface area contributed by atoms with Crippen LogP contribution in [0.1, 0.15) is 18.9 Å². The second kappa shape index (κ2) is 4.80. The SMILES string of the molecule is CCCc1ccccc1N(P)P. The molecule has 2 atom stereocenters. The number of nitrogens with zero attached hydrogens (tertiary/aromatic N) is 1. The van der Waals surface area contributed by atoms with Crippen LogP contribution in [0.4, 0.5) is 5.69 Å². The third kappa shape index (κ3) is 2.44. The molecule has 0 N–H and O–H groups in total. The minimum atomic E-state index is 1.15. The molecule has 0 spiro atoms. The Morgan fingerprint density at radius 1 is 1.25 bits per heavy atom. The molecular weight excluding hydrogens is 184 g/mol. The van der Waals surface area contributed by atoms with E-state index < -0.39 is 0 Å². The molecule has 0 heterocycles. The van der Waals surface area contributed by atoms with Crippen molar-refractivity contribution in [3.63, 3.8) is 0 Å². The van der Waals surface area contributed by atoms with Crippen LogP contribution in [0.5, 0.6) is 0 Å². The summed E-state index contributed by atoms with van der Waals surface area (Å²) in [5.41, 5.74) is 2.68. The van der Waals surface area contributed by atoms with E-state index in [2.05, 4.69) is 50.0 Å². The molecule has 0 saturated heterocycles. The van der Waals surface area contributed by atoms with E-state index in [4.69, 9.17) is 0 Å². The van der Waals surface area contributed by atoms with Gasteiger partial charge in [0, 0.05) is 5.69 Å². The highest BCUT2D eigenvalue weighted by Crippen LogP contribution is 2.27. The highest BCUT2D eigenvalue weighted by atomic mass is 31.1. The van der Waals surface area contributed by atoms with E-state index in [-0.39, 0.29) is 0 Å². The van der Waals surface area contributed by atoms with Crippen LogP contribution in [0, 0.1) is 0 Å². The van der Waals surface area contributed by atoms with Gasteiger partial charge in [0.15, 0.2) is 0 Å². The zero-order valence-electron chi connectivity index (χ0n) is 7.33.